The first-order valence-electron chi connectivity index (χ1n) is 5.15. The average Bonchev–Trinajstić information content (AvgIpc) is 2.63. The fourth-order valence-electron chi connectivity index (χ4n) is 1.72. The summed E-state index contributed by atoms with van der Waals surface area (Å²) in [5, 5.41) is 5.79. The summed E-state index contributed by atoms with van der Waals surface area (Å²) in [6.07, 6.45) is 0. The molecule has 1 aliphatic rings. The monoisotopic (exact) mass is 214 g/mol. The summed E-state index contributed by atoms with van der Waals surface area (Å²) in [4.78, 5) is 22.8. The fraction of sp³-hybridized carbons (Fsp3) is 0.800. The molecule has 0 saturated carbocycles. The average molecular weight is 214 g/mol. The number of methoxy groups -OCH3 is 1. The number of carbonyl (C=O) groups is 2. The minimum absolute atomic E-state index is 0.0443. The maximum atomic E-state index is 11.7. The molecule has 0 aromatic carbocycles. The van der Waals surface area contributed by atoms with E-state index < -0.39 is 12.0 Å². The first-order valence-corrected chi connectivity index (χ1v) is 5.15. The third-order valence-corrected chi connectivity index (χ3v) is 2.77. The molecule has 2 N–H and O–H groups in total. The number of rotatable bonds is 3. The predicted octanol–water partition coefficient (Wildman–Crippen LogP) is -0.480. The molecule has 0 bridgehead atoms. The van der Waals surface area contributed by atoms with Crippen LogP contribution in [0.5, 0.6) is 0 Å². The van der Waals surface area contributed by atoms with Crippen molar-refractivity contribution in [3.63, 3.8) is 0 Å². The molecule has 1 amide bonds. The molecule has 0 spiro atoms. The molecular weight excluding hydrogens is 196 g/mol. The second-order valence-electron chi connectivity index (χ2n) is 4.00. The largest absolute Gasteiger partial charge is 0.467 e. The van der Waals surface area contributed by atoms with Crippen molar-refractivity contribution < 1.29 is 14.3 Å². The van der Waals surface area contributed by atoms with Gasteiger partial charge in [0.1, 0.15) is 6.04 Å². The molecule has 1 fully saturated rings. The van der Waals surface area contributed by atoms with E-state index in [2.05, 4.69) is 15.4 Å². The summed E-state index contributed by atoms with van der Waals surface area (Å²) in [5.74, 6) is -0.223. The predicted molar refractivity (Wildman–Crippen MR) is 55.1 cm³/mol. The molecule has 3 atom stereocenters. The van der Waals surface area contributed by atoms with E-state index in [0.29, 0.717) is 12.5 Å². The van der Waals surface area contributed by atoms with Crippen LogP contribution in [0, 0.1) is 11.8 Å². The van der Waals surface area contributed by atoms with Crippen molar-refractivity contribution in [1.82, 2.24) is 10.6 Å². The lowest BCUT2D eigenvalue weighted by Gasteiger charge is -2.17. The van der Waals surface area contributed by atoms with E-state index in [1.54, 1.807) is 6.92 Å². The standard InChI is InChI=1S/C10H18N2O3/c1-6-4-11-5-8(6)9(13)12-7(2)10(14)15-3/h6-8,11H,4-5H2,1-3H3,(H,12,13)/t6-,7?,8-/m1/s1. The van der Waals surface area contributed by atoms with Crippen LogP contribution in [-0.4, -0.2) is 38.1 Å². The van der Waals surface area contributed by atoms with Gasteiger partial charge in [-0.25, -0.2) is 4.79 Å². The molecule has 86 valence electrons. The van der Waals surface area contributed by atoms with Gasteiger partial charge in [-0.05, 0) is 19.4 Å². The molecule has 5 nitrogen and oxygen atoms in total. The maximum absolute atomic E-state index is 11.7. The lowest BCUT2D eigenvalue weighted by atomic mass is 9.97. The van der Waals surface area contributed by atoms with Crippen LogP contribution in [-0.2, 0) is 14.3 Å². The molecule has 1 rings (SSSR count). The zero-order valence-corrected chi connectivity index (χ0v) is 9.37. The van der Waals surface area contributed by atoms with E-state index in [-0.39, 0.29) is 11.8 Å². The van der Waals surface area contributed by atoms with Crippen molar-refractivity contribution in [1.29, 1.82) is 0 Å². The van der Waals surface area contributed by atoms with Gasteiger partial charge in [0.25, 0.3) is 0 Å². The van der Waals surface area contributed by atoms with Gasteiger partial charge in [-0.1, -0.05) is 6.92 Å². The van der Waals surface area contributed by atoms with Gasteiger partial charge in [0.2, 0.25) is 5.91 Å². The zero-order valence-electron chi connectivity index (χ0n) is 9.37. The van der Waals surface area contributed by atoms with E-state index in [0.717, 1.165) is 6.54 Å². The van der Waals surface area contributed by atoms with Crippen LogP contribution < -0.4 is 10.6 Å². The molecule has 0 aromatic heterocycles. The maximum Gasteiger partial charge on any atom is 0.328 e. The number of ether oxygens (including phenoxy) is 1. The summed E-state index contributed by atoms with van der Waals surface area (Å²) >= 11 is 0. The summed E-state index contributed by atoms with van der Waals surface area (Å²) in [7, 11) is 1.31. The van der Waals surface area contributed by atoms with Crippen LogP contribution in [0.1, 0.15) is 13.8 Å². The zero-order chi connectivity index (χ0) is 11.4. The lowest BCUT2D eigenvalue weighted by Crippen LogP contribution is -2.43. The second kappa shape index (κ2) is 5.11. The topological polar surface area (TPSA) is 67.4 Å². The summed E-state index contributed by atoms with van der Waals surface area (Å²) in [5.41, 5.74) is 0. The molecule has 1 aliphatic heterocycles. The van der Waals surface area contributed by atoms with Crippen LogP contribution in [0.3, 0.4) is 0 Å². The lowest BCUT2D eigenvalue weighted by molar-refractivity contribution is -0.145. The van der Waals surface area contributed by atoms with Gasteiger partial charge in [0, 0.05) is 6.54 Å². The van der Waals surface area contributed by atoms with Crippen molar-refractivity contribution in [2.45, 2.75) is 19.9 Å². The van der Waals surface area contributed by atoms with Crippen LogP contribution >= 0.6 is 0 Å². The number of esters is 1. The van der Waals surface area contributed by atoms with Crippen LogP contribution in [0.15, 0.2) is 0 Å². The molecule has 0 radical (unpaired) electrons. The van der Waals surface area contributed by atoms with Crippen LogP contribution in [0.4, 0.5) is 0 Å². The van der Waals surface area contributed by atoms with Gasteiger partial charge in [-0.3, -0.25) is 4.79 Å². The summed E-state index contributed by atoms with van der Waals surface area (Å²) in [6.45, 7) is 5.18. The second-order valence-corrected chi connectivity index (χ2v) is 4.00. The van der Waals surface area contributed by atoms with Crippen molar-refractivity contribution in [2.24, 2.45) is 11.8 Å². The Labute approximate surface area is 89.6 Å². The van der Waals surface area contributed by atoms with Gasteiger partial charge < -0.3 is 15.4 Å². The van der Waals surface area contributed by atoms with Gasteiger partial charge >= 0.3 is 5.97 Å². The van der Waals surface area contributed by atoms with E-state index in [1.807, 2.05) is 6.92 Å². The molecule has 1 unspecified atom stereocenters. The Morgan fingerprint density at radius 3 is 2.60 bits per heavy atom. The minimum Gasteiger partial charge on any atom is -0.467 e. The summed E-state index contributed by atoms with van der Waals surface area (Å²) in [6, 6.07) is -0.574. The Morgan fingerprint density at radius 2 is 2.13 bits per heavy atom. The highest BCUT2D eigenvalue weighted by Crippen LogP contribution is 2.15. The molecule has 0 aromatic rings. The molecule has 15 heavy (non-hydrogen) atoms. The van der Waals surface area contributed by atoms with Crippen molar-refractivity contribution in [2.75, 3.05) is 20.2 Å². The number of hydrogen-bond acceptors (Lipinski definition) is 4. The van der Waals surface area contributed by atoms with Crippen molar-refractivity contribution >= 4 is 11.9 Å². The van der Waals surface area contributed by atoms with Gasteiger partial charge in [-0.15, -0.1) is 0 Å². The van der Waals surface area contributed by atoms with E-state index in [1.165, 1.54) is 7.11 Å². The number of hydrogen-bond donors (Lipinski definition) is 2. The Hall–Kier alpha value is -1.10. The molecule has 0 aliphatic carbocycles. The Balaban J connectivity index is 2.44. The number of carbonyl (C=O) groups excluding carboxylic acids is 2. The van der Waals surface area contributed by atoms with E-state index >= 15 is 0 Å². The SMILES string of the molecule is COC(=O)C(C)NC(=O)[C@@H]1CNC[C@H]1C. The number of amides is 1. The number of nitrogens with one attached hydrogen (secondary N) is 2. The fourth-order valence-corrected chi connectivity index (χ4v) is 1.72. The van der Waals surface area contributed by atoms with Gasteiger partial charge in [0.15, 0.2) is 0 Å². The van der Waals surface area contributed by atoms with Crippen LogP contribution in [0.25, 0.3) is 0 Å². The molecule has 1 heterocycles. The van der Waals surface area contributed by atoms with Gasteiger partial charge in [0.05, 0.1) is 13.0 Å². The normalized spacial score (nSPS) is 27.1. The molecule has 5 heteroatoms. The van der Waals surface area contributed by atoms with Crippen molar-refractivity contribution in [3.8, 4) is 0 Å². The van der Waals surface area contributed by atoms with E-state index in [4.69, 9.17) is 0 Å². The minimum atomic E-state index is -0.574. The van der Waals surface area contributed by atoms with Crippen LogP contribution in [0.2, 0.25) is 0 Å². The van der Waals surface area contributed by atoms with Crippen molar-refractivity contribution in [3.05, 3.63) is 0 Å². The first-order chi connectivity index (χ1) is 7.06. The quantitative estimate of drug-likeness (QED) is 0.623. The van der Waals surface area contributed by atoms with Gasteiger partial charge in [-0.2, -0.15) is 0 Å². The third kappa shape index (κ3) is 2.92. The highest BCUT2D eigenvalue weighted by atomic mass is 16.5. The smallest absolute Gasteiger partial charge is 0.328 e. The molecule has 1 saturated heterocycles. The van der Waals surface area contributed by atoms with E-state index in [9.17, 15) is 9.59 Å². The molecular formula is C10H18N2O3. The Morgan fingerprint density at radius 1 is 1.47 bits per heavy atom. The highest BCUT2D eigenvalue weighted by Gasteiger charge is 2.31. The highest BCUT2D eigenvalue weighted by molar-refractivity contribution is 5.85. The Kier molecular flexibility index (Phi) is 4.08. The summed E-state index contributed by atoms with van der Waals surface area (Å²) < 4.78 is 4.53. The third-order valence-electron chi connectivity index (χ3n) is 2.77. The first kappa shape index (κ1) is 12.0. The Bertz CT molecular complexity index is 255.